The highest BCUT2D eigenvalue weighted by molar-refractivity contribution is 5.98. The summed E-state index contributed by atoms with van der Waals surface area (Å²) in [4.78, 5) is 15.2. The Labute approximate surface area is 237 Å². The maximum Gasteiger partial charge on any atom is 0.160 e. The zero-order chi connectivity index (χ0) is 27.2. The Balaban J connectivity index is 1.35. The fourth-order valence-electron chi connectivity index (χ4n) is 5.62. The molecule has 41 heavy (non-hydrogen) atoms. The molecular weight excluding hydrogens is 500 g/mol. The maximum absolute atomic E-state index is 5.18. The summed E-state index contributed by atoms with van der Waals surface area (Å²) in [7, 11) is 0. The number of rotatable bonds is 4. The van der Waals surface area contributed by atoms with Crippen LogP contribution in [0.1, 0.15) is 0 Å². The molecule has 0 fully saturated rings. The van der Waals surface area contributed by atoms with Gasteiger partial charge in [0, 0.05) is 27.6 Å². The van der Waals surface area contributed by atoms with Crippen LogP contribution in [-0.2, 0) is 0 Å². The summed E-state index contributed by atoms with van der Waals surface area (Å²) in [5, 5.41) is 1.19. The summed E-state index contributed by atoms with van der Waals surface area (Å²) < 4.78 is 2.32. The molecule has 4 nitrogen and oxygen atoms in total. The largest absolute Gasteiger partial charge is 0.306 e. The molecule has 5 aromatic carbocycles. The lowest BCUT2D eigenvalue weighted by Gasteiger charge is -2.12. The van der Waals surface area contributed by atoms with Gasteiger partial charge in [-0.3, -0.25) is 0 Å². The molecule has 192 valence electrons. The van der Waals surface area contributed by atoms with E-state index in [1.807, 2.05) is 42.5 Å². The Bertz CT molecular complexity index is 2140. The van der Waals surface area contributed by atoms with Crippen LogP contribution in [0.25, 0.3) is 72.6 Å². The average molecular weight is 525 g/mol. The van der Waals surface area contributed by atoms with Crippen LogP contribution in [-0.4, -0.2) is 19.4 Å². The Morgan fingerprint density at radius 1 is 0.390 bits per heavy atom. The number of para-hydroxylation sites is 3. The summed E-state index contributed by atoms with van der Waals surface area (Å²) in [5.41, 5.74) is 11.1. The normalized spacial score (nSPS) is 11.4. The molecule has 0 bridgehead atoms. The Morgan fingerprint density at radius 2 is 1.00 bits per heavy atom. The van der Waals surface area contributed by atoms with Gasteiger partial charge in [0.2, 0.25) is 0 Å². The van der Waals surface area contributed by atoms with Crippen molar-refractivity contribution in [1.29, 1.82) is 0 Å². The number of hydrogen-bond donors (Lipinski definition) is 0. The average Bonchev–Trinajstić information content (AvgIpc) is 3.45. The van der Waals surface area contributed by atoms with E-state index in [0.29, 0.717) is 5.82 Å². The van der Waals surface area contributed by atoms with Crippen molar-refractivity contribution < 1.29 is 0 Å². The first-order chi connectivity index (χ1) is 20.3. The van der Waals surface area contributed by atoms with Crippen LogP contribution in [0, 0.1) is 0 Å². The van der Waals surface area contributed by atoms with Gasteiger partial charge >= 0.3 is 0 Å². The van der Waals surface area contributed by atoms with E-state index < -0.39 is 0 Å². The summed E-state index contributed by atoms with van der Waals surface area (Å²) >= 11 is 0. The fraction of sp³-hybridized carbons (Fsp3) is 0. The summed E-state index contributed by atoms with van der Waals surface area (Å²) in [6.07, 6.45) is 0. The van der Waals surface area contributed by atoms with Gasteiger partial charge in [-0.25, -0.2) is 15.0 Å². The molecule has 3 aromatic heterocycles. The zero-order valence-electron chi connectivity index (χ0n) is 22.1. The van der Waals surface area contributed by atoms with Crippen LogP contribution < -0.4 is 0 Å². The van der Waals surface area contributed by atoms with Gasteiger partial charge in [0.15, 0.2) is 5.82 Å². The summed E-state index contributed by atoms with van der Waals surface area (Å²) in [6, 6.07) is 50.1. The van der Waals surface area contributed by atoms with Crippen molar-refractivity contribution in [3.05, 3.63) is 146 Å². The predicted molar refractivity (Wildman–Crippen MR) is 168 cm³/mol. The monoisotopic (exact) mass is 524 g/mol. The second kappa shape index (κ2) is 9.54. The van der Waals surface area contributed by atoms with Crippen LogP contribution in [0.5, 0.6) is 0 Å². The Morgan fingerprint density at radius 3 is 1.80 bits per heavy atom. The molecule has 8 rings (SSSR count). The number of benzene rings is 5. The third-order valence-electron chi connectivity index (χ3n) is 7.57. The first-order valence-corrected chi connectivity index (χ1v) is 13.7. The van der Waals surface area contributed by atoms with Crippen molar-refractivity contribution in [2.24, 2.45) is 0 Å². The molecule has 0 unspecified atom stereocenters. The number of fused-ring (bicyclic) bond motifs is 5. The van der Waals surface area contributed by atoms with Crippen LogP contribution in [0.3, 0.4) is 0 Å². The van der Waals surface area contributed by atoms with E-state index in [-0.39, 0.29) is 0 Å². The van der Waals surface area contributed by atoms with Gasteiger partial charge < -0.3 is 4.40 Å². The smallest absolute Gasteiger partial charge is 0.160 e. The molecule has 0 N–H and O–H groups in total. The van der Waals surface area contributed by atoms with E-state index in [0.717, 1.165) is 55.9 Å². The van der Waals surface area contributed by atoms with E-state index in [2.05, 4.69) is 108 Å². The van der Waals surface area contributed by atoms with Crippen molar-refractivity contribution in [2.45, 2.75) is 0 Å². The summed E-state index contributed by atoms with van der Waals surface area (Å²) in [5.74, 6) is 0.705. The first-order valence-electron chi connectivity index (χ1n) is 13.7. The highest BCUT2D eigenvalue weighted by Crippen LogP contribution is 2.34. The van der Waals surface area contributed by atoms with Gasteiger partial charge in [-0.1, -0.05) is 109 Å². The van der Waals surface area contributed by atoms with Gasteiger partial charge in [-0.2, -0.15) is 0 Å². The van der Waals surface area contributed by atoms with Crippen LogP contribution in [0.4, 0.5) is 0 Å². The molecule has 8 aromatic rings. The van der Waals surface area contributed by atoms with E-state index in [4.69, 9.17) is 15.0 Å². The second-order valence-corrected chi connectivity index (χ2v) is 10.1. The minimum absolute atomic E-state index is 0.705. The molecule has 0 aliphatic carbocycles. The van der Waals surface area contributed by atoms with Gasteiger partial charge in [-0.05, 0) is 36.4 Å². The molecule has 4 heteroatoms. The van der Waals surface area contributed by atoms with Gasteiger partial charge in [-0.15, -0.1) is 0 Å². The lowest BCUT2D eigenvalue weighted by Crippen LogP contribution is -1.97. The van der Waals surface area contributed by atoms with Gasteiger partial charge in [0.25, 0.3) is 0 Å². The first kappa shape index (κ1) is 23.3. The second-order valence-electron chi connectivity index (χ2n) is 10.1. The van der Waals surface area contributed by atoms with E-state index in [1.54, 1.807) is 0 Å². The molecule has 0 radical (unpaired) electrons. The Hall–Kier alpha value is -5.61. The maximum atomic E-state index is 5.18. The number of nitrogens with zero attached hydrogens (tertiary/aromatic N) is 4. The number of hydrogen-bond acceptors (Lipinski definition) is 3. The van der Waals surface area contributed by atoms with Crippen LogP contribution in [0.2, 0.25) is 0 Å². The molecular formula is C37H24N4. The molecule has 0 atom stereocenters. The molecule has 0 amide bonds. The lowest BCUT2D eigenvalue weighted by atomic mass is 10.0. The topological polar surface area (TPSA) is 43.1 Å². The SMILES string of the molecule is c1ccc(-c2cc(-c3cccc(-c4nc5ccccc5n5c4cc4ccccc45)c3)nc(-c3ccccc3)n2)cc1. The number of aromatic nitrogens is 4. The molecule has 0 saturated heterocycles. The predicted octanol–water partition coefficient (Wildman–Crippen LogP) is 9.10. The van der Waals surface area contributed by atoms with Crippen molar-refractivity contribution in [3.8, 4) is 45.2 Å². The summed E-state index contributed by atoms with van der Waals surface area (Å²) in [6.45, 7) is 0. The van der Waals surface area contributed by atoms with Crippen molar-refractivity contribution in [2.75, 3.05) is 0 Å². The van der Waals surface area contributed by atoms with E-state index in [1.165, 1.54) is 10.9 Å². The third kappa shape index (κ3) is 4.05. The van der Waals surface area contributed by atoms with Crippen LogP contribution >= 0.6 is 0 Å². The van der Waals surface area contributed by atoms with E-state index >= 15 is 0 Å². The molecule has 0 saturated carbocycles. The fourth-order valence-corrected chi connectivity index (χ4v) is 5.62. The van der Waals surface area contributed by atoms with E-state index in [9.17, 15) is 0 Å². The van der Waals surface area contributed by atoms with Crippen molar-refractivity contribution in [3.63, 3.8) is 0 Å². The standard InChI is InChI=1S/C37H24N4/c1-3-12-25(13-4-1)31-24-32(40-37(39-31)26-14-5-2-6-15-26)27-17-11-18-29(22-27)36-35-23-28-16-7-9-20-33(28)41(35)34-21-10-8-19-30(34)38-36/h1-24H. The van der Waals surface area contributed by atoms with Gasteiger partial charge in [0.1, 0.15) is 0 Å². The quantitative estimate of drug-likeness (QED) is 0.231. The van der Waals surface area contributed by atoms with Gasteiger partial charge in [0.05, 0.1) is 39.1 Å². The highest BCUT2D eigenvalue weighted by atomic mass is 14.9. The minimum atomic E-state index is 0.705. The van der Waals surface area contributed by atoms with Crippen molar-refractivity contribution >= 4 is 27.5 Å². The minimum Gasteiger partial charge on any atom is -0.306 e. The highest BCUT2D eigenvalue weighted by Gasteiger charge is 2.16. The van der Waals surface area contributed by atoms with Crippen LogP contribution in [0.15, 0.2) is 146 Å². The Kier molecular flexibility index (Phi) is 5.42. The molecule has 3 heterocycles. The van der Waals surface area contributed by atoms with Crippen molar-refractivity contribution in [1.82, 2.24) is 19.4 Å². The third-order valence-corrected chi connectivity index (χ3v) is 7.57. The molecule has 0 aliphatic heterocycles. The zero-order valence-corrected chi connectivity index (χ0v) is 22.1. The lowest BCUT2D eigenvalue weighted by molar-refractivity contribution is 1.18. The molecule has 0 spiro atoms. The molecule has 0 aliphatic rings.